The second-order valence-corrected chi connectivity index (χ2v) is 8.58. The summed E-state index contributed by atoms with van der Waals surface area (Å²) in [6, 6.07) is 5.20. The Morgan fingerprint density at radius 1 is 1.33 bits per heavy atom. The van der Waals surface area contributed by atoms with Gasteiger partial charge < -0.3 is 4.57 Å². The molecule has 2 heterocycles. The van der Waals surface area contributed by atoms with Crippen LogP contribution in [0, 0.1) is 6.92 Å². The Hall–Kier alpha value is -1.87. The SMILES string of the molecule is Cc1nnc(SCC(=O)c2ccc3c(c2)CCN3S(C)(=O)=O)n1C. The van der Waals surface area contributed by atoms with Gasteiger partial charge in [0.1, 0.15) is 5.82 Å². The first-order valence-corrected chi connectivity index (χ1v) is 10.2. The number of ketones is 1. The Morgan fingerprint density at radius 2 is 2.08 bits per heavy atom. The lowest BCUT2D eigenvalue weighted by Crippen LogP contribution is -2.27. The van der Waals surface area contributed by atoms with Crippen LogP contribution in [0.5, 0.6) is 0 Å². The molecule has 2 aromatic rings. The molecule has 0 amide bonds. The van der Waals surface area contributed by atoms with Gasteiger partial charge in [-0.25, -0.2) is 8.42 Å². The summed E-state index contributed by atoms with van der Waals surface area (Å²) in [6.07, 6.45) is 1.82. The number of thioether (sulfide) groups is 1. The highest BCUT2D eigenvalue weighted by molar-refractivity contribution is 7.99. The second-order valence-electron chi connectivity index (χ2n) is 5.73. The van der Waals surface area contributed by atoms with E-state index < -0.39 is 10.0 Å². The van der Waals surface area contributed by atoms with Crippen molar-refractivity contribution in [1.82, 2.24) is 14.8 Å². The Morgan fingerprint density at radius 3 is 2.71 bits per heavy atom. The van der Waals surface area contributed by atoms with E-state index in [4.69, 9.17) is 0 Å². The molecule has 128 valence electrons. The number of hydrogen-bond donors (Lipinski definition) is 0. The molecule has 0 fully saturated rings. The van der Waals surface area contributed by atoms with Crippen molar-refractivity contribution in [3.63, 3.8) is 0 Å². The van der Waals surface area contributed by atoms with Crippen LogP contribution in [0.3, 0.4) is 0 Å². The van der Waals surface area contributed by atoms with E-state index in [0.717, 1.165) is 11.4 Å². The predicted octanol–water partition coefficient (Wildman–Crippen LogP) is 1.42. The molecule has 7 nitrogen and oxygen atoms in total. The Labute approximate surface area is 145 Å². The topological polar surface area (TPSA) is 85.2 Å². The van der Waals surface area contributed by atoms with Crippen LogP contribution in [0.4, 0.5) is 5.69 Å². The average Bonchev–Trinajstić information content (AvgIpc) is 3.09. The third kappa shape index (κ3) is 3.18. The molecule has 0 saturated heterocycles. The van der Waals surface area contributed by atoms with Gasteiger partial charge in [0.25, 0.3) is 0 Å². The van der Waals surface area contributed by atoms with Crippen molar-refractivity contribution >= 4 is 33.3 Å². The number of fused-ring (bicyclic) bond motifs is 1. The minimum absolute atomic E-state index is 0.0127. The molecule has 1 aromatic carbocycles. The van der Waals surface area contributed by atoms with Crippen LogP contribution in [0.25, 0.3) is 0 Å². The minimum Gasteiger partial charge on any atom is -0.309 e. The monoisotopic (exact) mass is 366 g/mol. The maximum atomic E-state index is 12.4. The van der Waals surface area contributed by atoms with Crippen molar-refractivity contribution in [2.45, 2.75) is 18.5 Å². The summed E-state index contributed by atoms with van der Waals surface area (Å²) in [5.41, 5.74) is 2.16. The largest absolute Gasteiger partial charge is 0.309 e. The van der Waals surface area contributed by atoms with Crippen molar-refractivity contribution in [1.29, 1.82) is 0 Å². The molecular weight excluding hydrogens is 348 g/mol. The number of anilines is 1. The average molecular weight is 366 g/mol. The van der Waals surface area contributed by atoms with E-state index in [2.05, 4.69) is 10.2 Å². The number of sulfonamides is 1. The van der Waals surface area contributed by atoms with Gasteiger partial charge in [-0.05, 0) is 37.1 Å². The highest BCUT2D eigenvalue weighted by atomic mass is 32.2. The second kappa shape index (κ2) is 6.21. The summed E-state index contributed by atoms with van der Waals surface area (Å²) < 4.78 is 26.7. The molecule has 1 aromatic heterocycles. The summed E-state index contributed by atoms with van der Waals surface area (Å²) in [5, 5.41) is 8.69. The zero-order valence-electron chi connectivity index (χ0n) is 13.7. The van der Waals surface area contributed by atoms with Crippen molar-refractivity contribution in [2.75, 3.05) is 22.9 Å². The fourth-order valence-corrected chi connectivity index (χ4v) is 4.43. The number of aromatic nitrogens is 3. The van der Waals surface area contributed by atoms with Gasteiger partial charge in [0, 0.05) is 19.2 Å². The quantitative estimate of drug-likeness (QED) is 0.588. The van der Waals surface area contributed by atoms with Gasteiger partial charge in [0.2, 0.25) is 10.0 Å². The minimum atomic E-state index is -3.27. The summed E-state index contributed by atoms with van der Waals surface area (Å²) in [7, 11) is -1.41. The molecule has 24 heavy (non-hydrogen) atoms. The van der Waals surface area contributed by atoms with Crippen LogP contribution in [0.15, 0.2) is 23.4 Å². The number of nitrogens with zero attached hydrogens (tertiary/aromatic N) is 4. The van der Waals surface area contributed by atoms with E-state index in [1.807, 2.05) is 18.5 Å². The summed E-state index contributed by atoms with van der Waals surface area (Å²) in [4.78, 5) is 12.4. The lowest BCUT2D eigenvalue weighted by molar-refractivity contribution is 0.102. The van der Waals surface area contributed by atoms with E-state index in [1.54, 1.807) is 18.2 Å². The van der Waals surface area contributed by atoms with Crippen LogP contribution < -0.4 is 4.31 Å². The lowest BCUT2D eigenvalue weighted by atomic mass is 10.1. The van der Waals surface area contributed by atoms with E-state index in [9.17, 15) is 13.2 Å². The smallest absolute Gasteiger partial charge is 0.232 e. The van der Waals surface area contributed by atoms with Gasteiger partial charge in [-0.1, -0.05) is 11.8 Å². The molecule has 0 saturated carbocycles. The van der Waals surface area contributed by atoms with Crippen LogP contribution in [0.1, 0.15) is 21.7 Å². The summed E-state index contributed by atoms with van der Waals surface area (Å²) in [5.74, 6) is 1.05. The van der Waals surface area contributed by atoms with Gasteiger partial charge in [-0.2, -0.15) is 0 Å². The fraction of sp³-hybridized carbons (Fsp3) is 0.400. The van der Waals surface area contributed by atoms with E-state index in [0.29, 0.717) is 29.4 Å². The molecule has 9 heteroatoms. The fourth-order valence-electron chi connectivity index (χ4n) is 2.62. The van der Waals surface area contributed by atoms with Gasteiger partial charge >= 0.3 is 0 Å². The third-order valence-electron chi connectivity index (χ3n) is 4.04. The number of benzene rings is 1. The highest BCUT2D eigenvalue weighted by Crippen LogP contribution is 2.31. The molecule has 1 aliphatic rings. The maximum Gasteiger partial charge on any atom is 0.232 e. The molecule has 0 atom stereocenters. The standard InChI is InChI=1S/C15H18N4O3S2/c1-10-16-17-15(18(10)2)23-9-14(20)12-4-5-13-11(8-12)6-7-19(13)24(3,21)22/h4-5,8H,6-7,9H2,1-3H3. The molecule has 0 bridgehead atoms. The van der Waals surface area contributed by atoms with Crippen molar-refractivity contribution < 1.29 is 13.2 Å². The predicted molar refractivity (Wildman–Crippen MR) is 93.1 cm³/mol. The summed E-state index contributed by atoms with van der Waals surface area (Å²) >= 11 is 1.34. The molecule has 0 radical (unpaired) electrons. The number of aryl methyl sites for hydroxylation is 1. The van der Waals surface area contributed by atoms with Gasteiger partial charge in [-0.3, -0.25) is 9.10 Å². The van der Waals surface area contributed by atoms with Gasteiger partial charge in [0.05, 0.1) is 17.7 Å². The van der Waals surface area contributed by atoms with E-state index in [-0.39, 0.29) is 11.5 Å². The zero-order chi connectivity index (χ0) is 17.5. The Bertz CT molecular complexity index is 905. The van der Waals surface area contributed by atoms with Crippen LogP contribution >= 0.6 is 11.8 Å². The van der Waals surface area contributed by atoms with Crippen molar-refractivity contribution in [2.24, 2.45) is 7.05 Å². The number of rotatable bonds is 5. The molecule has 3 rings (SSSR count). The molecular formula is C15H18N4O3S2. The van der Waals surface area contributed by atoms with Crippen LogP contribution in [-0.4, -0.2) is 47.5 Å². The molecule has 1 aliphatic heterocycles. The maximum absolute atomic E-state index is 12.4. The summed E-state index contributed by atoms with van der Waals surface area (Å²) in [6.45, 7) is 2.28. The zero-order valence-corrected chi connectivity index (χ0v) is 15.3. The number of carbonyl (C=O) groups excluding carboxylic acids is 1. The van der Waals surface area contributed by atoms with E-state index in [1.165, 1.54) is 22.3 Å². The molecule has 0 unspecified atom stereocenters. The van der Waals surface area contributed by atoms with Gasteiger partial charge in [-0.15, -0.1) is 10.2 Å². The lowest BCUT2D eigenvalue weighted by Gasteiger charge is -2.16. The first kappa shape index (κ1) is 17.0. The van der Waals surface area contributed by atoms with Gasteiger partial charge in [0.15, 0.2) is 10.9 Å². The normalized spacial score (nSPS) is 14.0. The van der Waals surface area contributed by atoms with Crippen LogP contribution in [0.2, 0.25) is 0 Å². The third-order valence-corrected chi connectivity index (χ3v) is 6.24. The molecule has 0 N–H and O–H groups in total. The molecule has 0 spiro atoms. The number of carbonyl (C=O) groups is 1. The Balaban J connectivity index is 1.74. The van der Waals surface area contributed by atoms with Crippen molar-refractivity contribution in [3.05, 3.63) is 35.2 Å². The first-order chi connectivity index (χ1) is 11.3. The Kier molecular flexibility index (Phi) is 4.39. The first-order valence-electron chi connectivity index (χ1n) is 7.40. The number of hydrogen-bond acceptors (Lipinski definition) is 6. The molecule has 0 aliphatic carbocycles. The van der Waals surface area contributed by atoms with E-state index >= 15 is 0 Å². The highest BCUT2D eigenvalue weighted by Gasteiger charge is 2.26. The van der Waals surface area contributed by atoms with Crippen molar-refractivity contribution in [3.8, 4) is 0 Å². The van der Waals surface area contributed by atoms with Crippen LogP contribution in [-0.2, 0) is 23.5 Å². The number of Topliss-reactive ketones (excluding diaryl/α,β-unsaturated/α-hetero) is 1.